The van der Waals surface area contributed by atoms with Crippen molar-refractivity contribution in [3.8, 4) is 17.2 Å². The summed E-state index contributed by atoms with van der Waals surface area (Å²) < 4.78 is 17.6. The average molecular weight is 571 g/mol. The molecule has 4 atom stereocenters. The fourth-order valence-corrected chi connectivity index (χ4v) is 7.63. The van der Waals surface area contributed by atoms with Gasteiger partial charge in [-0.1, -0.05) is 24.3 Å². The highest BCUT2D eigenvalue weighted by molar-refractivity contribution is 5.96. The molecule has 0 spiro atoms. The Morgan fingerprint density at radius 3 is 2.67 bits per heavy atom. The van der Waals surface area contributed by atoms with Gasteiger partial charge in [0.2, 0.25) is 11.5 Å². The van der Waals surface area contributed by atoms with Crippen LogP contribution in [0.4, 0.5) is 0 Å². The third-order valence-electron chi connectivity index (χ3n) is 9.51. The van der Waals surface area contributed by atoms with Crippen LogP contribution in [0.3, 0.4) is 0 Å². The Labute approximate surface area is 248 Å². The number of hydrogen-bond donors (Lipinski definition) is 1. The highest BCUT2D eigenvalue weighted by Gasteiger charge is 2.38. The molecule has 2 bridgehead atoms. The smallest absolute Gasteiger partial charge is 0.254 e. The van der Waals surface area contributed by atoms with Crippen LogP contribution in [0.2, 0.25) is 0 Å². The molecule has 1 aromatic heterocycles. The lowest BCUT2D eigenvalue weighted by molar-refractivity contribution is -0.0439. The van der Waals surface area contributed by atoms with Crippen molar-refractivity contribution in [1.82, 2.24) is 20.1 Å². The molecular formula is C34H42N4O4. The Morgan fingerprint density at radius 2 is 1.88 bits per heavy atom. The average Bonchev–Trinajstić information content (AvgIpc) is 3.66. The molecule has 3 aromatic rings. The predicted octanol–water partition coefficient (Wildman–Crippen LogP) is 5.39. The van der Waals surface area contributed by atoms with Crippen LogP contribution in [-0.2, 0) is 6.54 Å². The lowest BCUT2D eigenvalue weighted by atomic mass is 9.92. The third kappa shape index (κ3) is 5.54. The second-order valence-electron chi connectivity index (χ2n) is 13.1. The van der Waals surface area contributed by atoms with Crippen molar-refractivity contribution in [2.45, 2.75) is 82.8 Å². The summed E-state index contributed by atoms with van der Waals surface area (Å²) in [6.07, 6.45) is 9.38. The number of benzene rings is 2. The standard InChI is InChI=1S/C34H42N4O4/c1-34(2)41-31-17-25(16-30(40-3)32(31)42-34)33(39)38(20-28-15-23-7-4-5-8-24(23)18-35-28)21-29-9-6-12-37(29)19-22-13-26-10-11-27(14-22)36-26/h4-5,7-8,15-18,22,26-27,29,36H,6,9-14,19-21H2,1-3H3/t22?,26-,27+,29-/m0/s1. The van der Waals surface area contributed by atoms with Crippen molar-refractivity contribution in [1.29, 1.82) is 0 Å². The maximum Gasteiger partial charge on any atom is 0.254 e. The predicted molar refractivity (Wildman–Crippen MR) is 162 cm³/mol. The molecule has 4 aliphatic heterocycles. The minimum atomic E-state index is -0.815. The van der Waals surface area contributed by atoms with E-state index in [9.17, 15) is 4.79 Å². The van der Waals surface area contributed by atoms with Crippen molar-refractivity contribution >= 4 is 16.7 Å². The summed E-state index contributed by atoms with van der Waals surface area (Å²) in [5, 5.41) is 6.01. The first-order valence-corrected chi connectivity index (χ1v) is 15.6. The number of carbonyl (C=O) groups excluding carboxylic acids is 1. The van der Waals surface area contributed by atoms with Gasteiger partial charge in [-0.05, 0) is 74.6 Å². The van der Waals surface area contributed by atoms with Crippen LogP contribution in [0.15, 0.2) is 48.7 Å². The van der Waals surface area contributed by atoms with E-state index in [0.717, 1.165) is 41.9 Å². The Balaban J connectivity index is 1.16. The largest absolute Gasteiger partial charge is 0.493 e. The number of aromatic nitrogens is 1. The molecule has 0 saturated carbocycles. The molecule has 8 nitrogen and oxygen atoms in total. The van der Waals surface area contributed by atoms with Gasteiger partial charge in [0.15, 0.2) is 11.5 Å². The molecule has 7 rings (SSSR count). The van der Waals surface area contributed by atoms with Crippen LogP contribution in [0.5, 0.6) is 17.2 Å². The molecular weight excluding hydrogens is 528 g/mol. The maximum absolute atomic E-state index is 14.3. The molecule has 1 N–H and O–H groups in total. The van der Waals surface area contributed by atoms with E-state index in [2.05, 4.69) is 28.4 Å². The molecule has 5 heterocycles. The number of fused-ring (bicyclic) bond motifs is 4. The summed E-state index contributed by atoms with van der Waals surface area (Å²) in [7, 11) is 1.60. The monoisotopic (exact) mass is 570 g/mol. The van der Waals surface area contributed by atoms with E-state index in [4.69, 9.17) is 19.2 Å². The van der Waals surface area contributed by atoms with Crippen molar-refractivity contribution in [3.63, 3.8) is 0 Å². The quantitative estimate of drug-likeness (QED) is 0.389. The minimum Gasteiger partial charge on any atom is -0.493 e. The number of likely N-dealkylation sites (tertiary alicyclic amines) is 1. The van der Waals surface area contributed by atoms with E-state index in [1.165, 1.54) is 32.1 Å². The zero-order chi connectivity index (χ0) is 28.8. The first kappa shape index (κ1) is 27.5. The Morgan fingerprint density at radius 1 is 1.10 bits per heavy atom. The molecule has 0 radical (unpaired) electrons. The fourth-order valence-electron chi connectivity index (χ4n) is 7.63. The second kappa shape index (κ2) is 11.0. The van der Waals surface area contributed by atoms with E-state index in [1.54, 1.807) is 19.2 Å². The fraction of sp³-hybridized carbons (Fsp3) is 0.529. The SMILES string of the molecule is COc1cc(C(=O)N(Cc2cc3ccccc3cn2)C[C@@H]2CCCN2CC2C[C@H]3CC[C@@H](C2)N3)cc2c1OC(C)(C)O2. The second-order valence-corrected chi connectivity index (χ2v) is 13.1. The van der Waals surface area contributed by atoms with E-state index in [1.807, 2.05) is 37.1 Å². The highest BCUT2D eigenvalue weighted by Crippen LogP contribution is 2.47. The van der Waals surface area contributed by atoms with Crippen LogP contribution in [-0.4, -0.2) is 71.3 Å². The van der Waals surface area contributed by atoms with Gasteiger partial charge < -0.3 is 24.4 Å². The molecule has 1 unspecified atom stereocenters. The number of pyridine rings is 1. The number of carbonyl (C=O) groups is 1. The number of amides is 1. The van der Waals surface area contributed by atoms with Crippen LogP contribution < -0.4 is 19.5 Å². The zero-order valence-corrected chi connectivity index (χ0v) is 25.0. The number of nitrogens with one attached hydrogen (secondary N) is 1. The summed E-state index contributed by atoms with van der Waals surface area (Å²) in [6, 6.07) is 15.6. The van der Waals surface area contributed by atoms with Gasteiger partial charge in [-0.2, -0.15) is 0 Å². The molecule has 222 valence electrons. The number of piperidine rings is 1. The van der Waals surface area contributed by atoms with Gasteiger partial charge in [-0.3, -0.25) is 14.7 Å². The minimum absolute atomic E-state index is 0.0499. The van der Waals surface area contributed by atoms with Crippen molar-refractivity contribution < 1.29 is 19.0 Å². The van der Waals surface area contributed by atoms with Gasteiger partial charge in [-0.15, -0.1) is 0 Å². The van der Waals surface area contributed by atoms with Crippen LogP contribution in [0.1, 0.15) is 68.4 Å². The van der Waals surface area contributed by atoms with Crippen molar-refractivity contribution in [3.05, 3.63) is 59.9 Å². The number of methoxy groups -OCH3 is 1. The first-order valence-electron chi connectivity index (χ1n) is 15.6. The van der Waals surface area contributed by atoms with Gasteiger partial charge in [-0.25, -0.2) is 0 Å². The normalized spacial score (nSPS) is 26.1. The van der Waals surface area contributed by atoms with E-state index in [0.29, 0.717) is 54.0 Å². The summed E-state index contributed by atoms with van der Waals surface area (Å²) in [6.45, 7) is 7.04. The number of hydrogen-bond acceptors (Lipinski definition) is 7. The van der Waals surface area contributed by atoms with Gasteiger partial charge in [0.05, 0.1) is 19.3 Å². The molecule has 42 heavy (non-hydrogen) atoms. The lowest BCUT2D eigenvalue weighted by Gasteiger charge is -2.36. The van der Waals surface area contributed by atoms with Gasteiger partial charge in [0, 0.05) is 62.2 Å². The lowest BCUT2D eigenvalue weighted by Crippen LogP contribution is -2.47. The van der Waals surface area contributed by atoms with E-state index >= 15 is 0 Å². The summed E-state index contributed by atoms with van der Waals surface area (Å²) in [5.41, 5.74) is 1.42. The van der Waals surface area contributed by atoms with E-state index < -0.39 is 5.79 Å². The summed E-state index contributed by atoms with van der Waals surface area (Å²) in [5.74, 6) is 1.45. The Hall–Kier alpha value is -3.36. The Kier molecular flexibility index (Phi) is 7.22. The maximum atomic E-state index is 14.3. The van der Waals surface area contributed by atoms with Gasteiger partial charge in [0.1, 0.15) is 0 Å². The van der Waals surface area contributed by atoms with Crippen molar-refractivity contribution in [2.75, 3.05) is 26.7 Å². The van der Waals surface area contributed by atoms with E-state index in [-0.39, 0.29) is 5.91 Å². The molecule has 2 aromatic carbocycles. The topological polar surface area (TPSA) is 76.2 Å². The number of ether oxygens (including phenoxy) is 3. The number of nitrogens with zero attached hydrogens (tertiary/aromatic N) is 3. The molecule has 8 heteroatoms. The first-order chi connectivity index (χ1) is 20.3. The van der Waals surface area contributed by atoms with Crippen LogP contribution in [0, 0.1) is 5.92 Å². The molecule has 3 fully saturated rings. The van der Waals surface area contributed by atoms with Crippen molar-refractivity contribution in [2.24, 2.45) is 5.92 Å². The zero-order valence-electron chi connectivity index (χ0n) is 25.0. The van der Waals surface area contributed by atoms with Crippen LogP contribution >= 0.6 is 0 Å². The van der Waals surface area contributed by atoms with Crippen LogP contribution in [0.25, 0.3) is 10.8 Å². The molecule has 4 aliphatic rings. The molecule has 1 amide bonds. The molecule has 3 saturated heterocycles. The Bertz CT molecular complexity index is 1460. The number of rotatable bonds is 8. The third-order valence-corrected chi connectivity index (χ3v) is 9.51. The molecule has 0 aliphatic carbocycles. The van der Waals surface area contributed by atoms with Gasteiger partial charge >= 0.3 is 0 Å². The highest BCUT2D eigenvalue weighted by atomic mass is 16.7. The van der Waals surface area contributed by atoms with Gasteiger partial charge in [0.25, 0.3) is 5.91 Å². The summed E-state index contributed by atoms with van der Waals surface area (Å²) >= 11 is 0. The summed E-state index contributed by atoms with van der Waals surface area (Å²) in [4.78, 5) is 23.7.